The second-order valence-corrected chi connectivity index (χ2v) is 5.92. The molecule has 132 valence electrons. The molecule has 0 bridgehead atoms. The van der Waals surface area contributed by atoms with E-state index < -0.39 is 0 Å². The van der Waals surface area contributed by atoms with Crippen molar-refractivity contribution in [2.75, 3.05) is 5.32 Å². The monoisotopic (exact) mass is 343 g/mol. The number of carbonyl (C=O) groups excluding carboxylic acids is 2. The molecule has 2 atom stereocenters. The Balaban J connectivity index is 1.96. The number of halogens is 1. The molecule has 5 nitrogen and oxygen atoms in total. The summed E-state index contributed by atoms with van der Waals surface area (Å²) in [6, 6.07) is 12.5. The van der Waals surface area contributed by atoms with E-state index in [1.54, 1.807) is 25.1 Å². The van der Waals surface area contributed by atoms with Crippen molar-refractivity contribution in [1.82, 2.24) is 10.6 Å². The first-order valence-electron chi connectivity index (χ1n) is 8.05. The first-order chi connectivity index (χ1) is 11.8. The average Bonchev–Trinajstić information content (AvgIpc) is 2.54. The van der Waals surface area contributed by atoms with Gasteiger partial charge in [-0.25, -0.2) is 9.18 Å². The van der Waals surface area contributed by atoms with E-state index in [0.29, 0.717) is 11.3 Å². The fourth-order valence-corrected chi connectivity index (χ4v) is 2.47. The third-order valence-corrected chi connectivity index (χ3v) is 3.75. The molecule has 0 aliphatic heterocycles. The number of anilines is 1. The van der Waals surface area contributed by atoms with Crippen molar-refractivity contribution in [3.63, 3.8) is 0 Å². The van der Waals surface area contributed by atoms with E-state index in [1.165, 1.54) is 19.1 Å². The van der Waals surface area contributed by atoms with Gasteiger partial charge in [0.05, 0.1) is 12.1 Å². The lowest BCUT2D eigenvalue weighted by molar-refractivity contribution is -0.114. The van der Waals surface area contributed by atoms with Crippen molar-refractivity contribution >= 4 is 17.6 Å². The molecule has 0 radical (unpaired) electrons. The Morgan fingerprint density at radius 2 is 1.48 bits per heavy atom. The Kier molecular flexibility index (Phi) is 6.11. The summed E-state index contributed by atoms with van der Waals surface area (Å²) in [4.78, 5) is 23.3. The molecule has 3 amide bonds. The maximum atomic E-state index is 13.3. The summed E-state index contributed by atoms with van der Waals surface area (Å²) in [6.45, 7) is 5.07. The van der Waals surface area contributed by atoms with Crippen molar-refractivity contribution in [3.8, 4) is 0 Å². The van der Waals surface area contributed by atoms with Crippen LogP contribution in [-0.4, -0.2) is 11.9 Å². The van der Waals surface area contributed by atoms with Gasteiger partial charge in [-0.05, 0) is 49.2 Å². The molecule has 0 saturated carbocycles. The molecule has 0 aromatic heterocycles. The standard InChI is InChI=1S/C19H22FN3O2/c1-12(15-6-4-8-17(20)10-15)21-19(25)22-13(2)16-7-5-9-18(11-16)23-14(3)24/h4-13H,1-3H3,(H,23,24)(H2,21,22,25)/t12-,13+/m0/s1. The lowest BCUT2D eigenvalue weighted by atomic mass is 10.1. The van der Waals surface area contributed by atoms with Gasteiger partial charge in [-0.15, -0.1) is 0 Å². The highest BCUT2D eigenvalue weighted by molar-refractivity contribution is 5.88. The highest BCUT2D eigenvalue weighted by Crippen LogP contribution is 2.18. The van der Waals surface area contributed by atoms with Crippen molar-refractivity contribution in [3.05, 3.63) is 65.5 Å². The molecule has 2 aromatic rings. The van der Waals surface area contributed by atoms with E-state index in [0.717, 1.165) is 5.56 Å². The summed E-state index contributed by atoms with van der Waals surface area (Å²) in [5.41, 5.74) is 2.22. The van der Waals surface area contributed by atoms with Gasteiger partial charge < -0.3 is 16.0 Å². The zero-order valence-corrected chi connectivity index (χ0v) is 14.5. The Labute approximate surface area is 146 Å². The number of hydrogen-bond acceptors (Lipinski definition) is 2. The van der Waals surface area contributed by atoms with Gasteiger partial charge in [0.2, 0.25) is 5.91 Å². The lowest BCUT2D eigenvalue weighted by Crippen LogP contribution is -2.38. The van der Waals surface area contributed by atoms with Gasteiger partial charge in [0.25, 0.3) is 0 Å². The number of nitrogens with one attached hydrogen (secondary N) is 3. The van der Waals surface area contributed by atoms with E-state index >= 15 is 0 Å². The van der Waals surface area contributed by atoms with E-state index in [4.69, 9.17) is 0 Å². The number of hydrogen-bond donors (Lipinski definition) is 3. The van der Waals surface area contributed by atoms with Crippen LogP contribution in [0.3, 0.4) is 0 Å². The summed E-state index contributed by atoms with van der Waals surface area (Å²) in [5, 5.41) is 8.33. The summed E-state index contributed by atoms with van der Waals surface area (Å²) in [5.74, 6) is -0.492. The Bertz CT molecular complexity index is 764. The predicted molar refractivity (Wildman–Crippen MR) is 95.6 cm³/mol. The van der Waals surface area contributed by atoms with Crippen molar-refractivity contribution in [2.24, 2.45) is 0 Å². The van der Waals surface area contributed by atoms with Gasteiger partial charge in [0.1, 0.15) is 5.82 Å². The average molecular weight is 343 g/mol. The largest absolute Gasteiger partial charge is 0.332 e. The third-order valence-electron chi connectivity index (χ3n) is 3.75. The molecule has 0 heterocycles. The van der Waals surface area contributed by atoms with Crippen LogP contribution < -0.4 is 16.0 Å². The second kappa shape index (κ2) is 8.28. The van der Waals surface area contributed by atoms with Crippen LogP contribution in [0.15, 0.2) is 48.5 Å². The van der Waals surface area contributed by atoms with Crippen LogP contribution in [0.2, 0.25) is 0 Å². The molecule has 0 aliphatic rings. The Hall–Kier alpha value is -2.89. The quantitative estimate of drug-likeness (QED) is 0.770. The van der Waals surface area contributed by atoms with E-state index in [9.17, 15) is 14.0 Å². The van der Waals surface area contributed by atoms with Crippen LogP contribution >= 0.6 is 0 Å². The Morgan fingerprint density at radius 3 is 2.04 bits per heavy atom. The van der Waals surface area contributed by atoms with Crippen LogP contribution in [0.25, 0.3) is 0 Å². The fourth-order valence-electron chi connectivity index (χ4n) is 2.47. The van der Waals surface area contributed by atoms with Gasteiger partial charge in [0, 0.05) is 12.6 Å². The third kappa shape index (κ3) is 5.60. The summed E-state index contributed by atoms with van der Waals surface area (Å²) in [7, 11) is 0. The van der Waals surface area contributed by atoms with Gasteiger partial charge in [-0.1, -0.05) is 24.3 Å². The maximum absolute atomic E-state index is 13.3. The minimum Gasteiger partial charge on any atom is -0.332 e. The van der Waals surface area contributed by atoms with Gasteiger partial charge >= 0.3 is 6.03 Å². The molecule has 6 heteroatoms. The molecule has 2 aromatic carbocycles. The number of amides is 3. The Morgan fingerprint density at radius 1 is 0.920 bits per heavy atom. The van der Waals surface area contributed by atoms with E-state index in [2.05, 4.69) is 16.0 Å². The molecular weight excluding hydrogens is 321 g/mol. The van der Waals surface area contributed by atoms with Crippen molar-refractivity contribution in [1.29, 1.82) is 0 Å². The molecular formula is C19H22FN3O2. The normalized spacial score (nSPS) is 12.8. The molecule has 3 N–H and O–H groups in total. The highest BCUT2D eigenvalue weighted by Gasteiger charge is 2.13. The number of rotatable bonds is 5. The van der Waals surface area contributed by atoms with Crippen LogP contribution in [0.5, 0.6) is 0 Å². The predicted octanol–water partition coefficient (Wildman–Crippen LogP) is 3.91. The summed E-state index contributed by atoms with van der Waals surface area (Å²) in [6.07, 6.45) is 0. The van der Waals surface area contributed by atoms with Crippen molar-refractivity contribution in [2.45, 2.75) is 32.9 Å². The molecule has 0 fully saturated rings. The first kappa shape index (κ1) is 18.4. The first-order valence-corrected chi connectivity index (χ1v) is 8.05. The molecule has 0 saturated heterocycles. The van der Waals surface area contributed by atoms with Gasteiger partial charge in [-0.2, -0.15) is 0 Å². The van der Waals surface area contributed by atoms with Crippen molar-refractivity contribution < 1.29 is 14.0 Å². The van der Waals surface area contributed by atoms with Gasteiger partial charge in [0.15, 0.2) is 0 Å². The minimum absolute atomic E-state index is 0.153. The summed E-state index contributed by atoms with van der Waals surface area (Å²) < 4.78 is 13.3. The molecule has 25 heavy (non-hydrogen) atoms. The van der Waals surface area contributed by atoms with Gasteiger partial charge in [-0.3, -0.25) is 4.79 Å². The molecule has 0 unspecified atom stereocenters. The molecule has 0 spiro atoms. The fraction of sp³-hybridized carbons (Fsp3) is 0.263. The van der Waals surface area contributed by atoms with E-state index in [-0.39, 0.29) is 29.8 Å². The minimum atomic E-state index is -0.353. The van der Waals surface area contributed by atoms with Crippen LogP contribution in [0.1, 0.15) is 44.0 Å². The van der Waals surface area contributed by atoms with Crippen LogP contribution in [-0.2, 0) is 4.79 Å². The maximum Gasteiger partial charge on any atom is 0.315 e. The lowest BCUT2D eigenvalue weighted by Gasteiger charge is -2.19. The number of benzene rings is 2. The number of urea groups is 1. The zero-order valence-electron chi connectivity index (χ0n) is 14.5. The summed E-state index contributed by atoms with van der Waals surface area (Å²) >= 11 is 0. The smallest absolute Gasteiger partial charge is 0.315 e. The number of carbonyl (C=O) groups is 2. The SMILES string of the molecule is CC(=O)Nc1cccc([C@@H](C)NC(=O)N[C@@H](C)c2cccc(F)c2)c1. The second-order valence-electron chi connectivity index (χ2n) is 5.92. The zero-order chi connectivity index (χ0) is 18.4. The van der Waals surface area contributed by atoms with Crippen LogP contribution in [0.4, 0.5) is 14.9 Å². The topological polar surface area (TPSA) is 70.2 Å². The molecule has 2 rings (SSSR count). The van der Waals surface area contributed by atoms with Crippen LogP contribution in [0, 0.1) is 5.82 Å². The highest BCUT2D eigenvalue weighted by atomic mass is 19.1. The molecule has 0 aliphatic carbocycles. The van der Waals surface area contributed by atoms with E-state index in [1.807, 2.05) is 25.1 Å².